The molecule has 5 nitrogen and oxygen atoms in total. The topological polar surface area (TPSA) is 65.5 Å². The Morgan fingerprint density at radius 1 is 1.39 bits per heavy atom. The van der Waals surface area contributed by atoms with Gasteiger partial charge in [-0.1, -0.05) is 6.92 Å². The van der Waals surface area contributed by atoms with Crippen molar-refractivity contribution in [3.05, 3.63) is 23.9 Å². The van der Waals surface area contributed by atoms with E-state index in [0.29, 0.717) is 18.7 Å². The lowest BCUT2D eigenvalue weighted by Crippen LogP contribution is -2.34. The molecule has 2 N–H and O–H groups in total. The Morgan fingerprint density at radius 3 is 2.67 bits per heavy atom. The maximum absolute atomic E-state index is 12.1. The molecule has 0 atom stereocenters. The number of hydrogen-bond donors (Lipinski definition) is 2. The monoisotopic (exact) mass is 251 g/mol. The zero-order valence-corrected chi connectivity index (χ0v) is 11.0. The van der Waals surface area contributed by atoms with Crippen LogP contribution < -0.4 is 5.32 Å². The second-order valence-corrected chi connectivity index (χ2v) is 3.98. The number of nitrogens with zero attached hydrogens (tertiary/aromatic N) is 2. The summed E-state index contributed by atoms with van der Waals surface area (Å²) in [5.74, 6) is 0.680. The van der Waals surface area contributed by atoms with Crippen molar-refractivity contribution in [1.29, 1.82) is 0 Å². The Labute approximate surface area is 108 Å². The lowest BCUT2D eigenvalue weighted by atomic mass is 10.2. The van der Waals surface area contributed by atoms with Gasteiger partial charge in [0.2, 0.25) is 0 Å². The van der Waals surface area contributed by atoms with Crippen molar-refractivity contribution in [1.82, 2.24) is 9.88 Å². The summed E-state index contributed by atoms with van der Waals surface area (Å²) in [6.45, 7) is 5.78. The first-order chi connectivity index (χ1) is 8.72. The number of rotatable bonds is 7. The lowest BCUT2D eigenvalue weighted by Gasteiger charge is -2.20. The number of carbonyl (C=O) groups is 1. The van der Waals surface area contributed by atoms with Crippen molar-refractivity contribution in [2.24, 2.45) is 0 Å². The van der Waals surface area contributed by atoms with Crippen molar-refractivity contribution in [3.63, 3.8) is 0 Å². The smallest absolute Gasteiger partial charge is 0.255 e. The second-order valence-electron chi connectivity index (χ2n) is 3.98. The van der Waals surface area contributed by atoms with Crippen molar-refractivity contribution in [2.75, 3.05) is 31.6 Å². The zero-order chi connectivity index (χ0) is 13.4. The molecule has 5 heteroatoms. The molecule has 0 aromatic carbocycles. The number of pyridine rings is 1. The van der Waals surface area contributed by atoms with Crippen LogP contribution in [-0.2, 0) is 0 Å². The van der Waals surface area contributed by atoms with E-state index in [1.807, 2.05) is 13.8 Å². The highest BCUT2D eigenvalue weighted by Crippen LogP contribution is 2.08. The van der Waals surface area contributed by atoms with E-state index in [-0.39, 0.29) is 12.5 Å². The standard InChI is InChI=1S/C13H21N3O2/c1-3-7-16(8-9-17)13(18)11-5-6-12(14-4-2)15-10-11/h5-6,10,17H,3-4,7-9H2,1-2H3,(H,14,15). The molecule has 0 aliphatic rings. The number of hydrogen-bond acceptors (Lipinski definition) is 4. The van der Waals surface area contributed by atoms with Gasteiger partial charge in [0.1, 0.15) is 5.82 Å². The molecule has 1 aromatic rings. The van der Waals surface area contributed by atoms with E-state index >= 15 is 0 Å². The summed E-state index contributed by atoms with van der Waals surface area (Å²) >= 11 is 0. The van der Waals surface area contributed by atoms with Crippen LogP contribution in [0.4, 0.5) is 5.82 Å². The average Bonchev–Trinajstić information content (AvgIpc) is 2.39. The molecule has 0 aliphatic heterocycles. The van der Waals surface area contributed by atoms with Crippen LogP contribution in [-0.4, -0.2) is 47.1 Å². The van der Waals surface area contributed by atoms with Gasteiger partial charge in [-0.2, -0.15) is 0 Å². The molecule has 0 unspecified atom stereocenters. The third-order valence-corrected chi connectivity index (χ3v) is 2.52. The van der Waals surface area contributed by atoms with Crippen LogP contribution in [0.3, 0.4) is 0 Å². The summed E-state index contributed by atoms with van der Waals surface area (Å²) in [7, 11) is 0. The van der Waals surface area contributed by atoms with E-state index in [9.17, 15) is 4.79 Å². The van der Waals surface area contributed by atoms with Crippen LogP contribution in [0.5, 0.6) is 0 Å². The summed E-state index contributed by atoms with van der Waals surface area (Å²) in [4.78, 5) is 18.0. The Balaban J connectivity index is 2.74. The maximum atomic E-state index is 12.1. The van der Waals surface area contributed by atoms with Gasteiger partial charge >= 0.3 is 0 Å². The molecule has 100 valence electrons. The highest BCUT2D eigenvalue weighted by atomic mass is 16.3. The van der Waals surface area contributed by atoms with E-state index in [2.05, 4.69) is 10.3 Å². The molecule has 0 radical (unpaired) electrons. The fourth-order valence-corrected chi connectivity index (χ4v) is 1.69. The maximum Gasteiger partial charge on any atom is 0.255 e. The molecule has 1 heterocycles. The highest BCUT2D eigenvalue weighted by Gasteiger charge is 2.14. The van der Waals surface area contributed by atoms with Gasteiger partial charge in [-0.3, -0.25) is 4.79 Å². The number of aromatic nitrogens is 1. The van der Waals surface area contributed by atoms with Crippen LogP contribution in [0.2, 0.25) is 0 Å². The van der Waals surface area contributed by atoms with Crippen LogP contribution in [0, 0.1) is 0 Å². The Kier molecular flexibility index (Phi) is 6.14. The van der Waals surface area contributed by atoms with Gasteiger partial charge in [0.15, 0.2) is 0 Å². The number of aliphatic hydroxyl groups excluding tert-OH is 1. The Morgan fingerprint density at radius 2 is 2.17 bits per heavy atom. The van der Waals surface area contributed by atoms with E-state index < -0.39 is 0 Å². The second kappa shape index (κ2) is 7.66. The van der Waals surface area contributed by atoms with Crippen molar-refractivity contribution in [2.45, 2.75) is 20.3 Å². The van der Waals surface area contributed by atoms with Gasteiger partial charge in [-0.15, -0.1) is 0 Å². The predicted octanol–water partition coefficient (Wildman–Crippen LogP) is 1.36. The number of nitrogens with one attached hydrogen (secondary N) is 1. The van der Waals surface area contributed by atoms with Crippen molar-refractivity contribution >= 4 is 11.7 Å². The first kappa shape index (κ1) is 14.4. The van der Waals surface area contributed by atoms with Gasteiger partial charge in [-0.05, 0) is 25.5 Å². The van der Waals surface area contributed by atoms with Crippen LogP contribution in [0.15, 0.2) is 18.3 Å². The SMILES string of the molecule is CCCN(CCO)C(=O)c1ccc(NCC)nc1. The minimum Gasteiger partial charge on any atom is -0.395 e. The Bertz CT molecular complexity index is 359. The molecule has 0 bridgehead atoms. The highest BCUT2D eigenvalue weighted by molar-refractivity contribution is 5.94. The van der Waals surface area contributed by atoms with Gasteiger partial charge in [0.05, 0.1) is 12.2 Å². The van der Waals surface area contributed by atoms with E-state index in [0.717, 1.165) is 18.8 Å². The number of amides is 1. The molecular weight excluding hydrogens is 230 g/mol. The number of aliphatic hydroxyl groups is 1. The molecule has 1 amide bonds. The van der Waals surface area contributed by atoms with E-state index in [1.54, 1.807) is 23.2 Å². The van der Waals surface area contributed by atoms with Crippen molar-refractivity contribution in [3.8, 4) is 0 Å². The fraction of sp³-hybridized carbons (Fsp3) is 0.538. The van der Waals surface area contributed by atoms with E-state index in [1.165, 1.54) is 0 Å². The average molecular weight is 251 g/mol. The quantitative estimate of drug-likeness (QED) is 0.768. The molecule has 0 fully saturated rings. The zero-order valence-electron chi connectivity index (χ0n) is 11.0. The minimum atomic E-state index is -0.0820. The molecule has 0 saturated heterocycles. The number of carbonyl (C=O) groups excluding carboxylic acids is 1. The summed E-state index contributed by atoms with van der Waals surface area (Å²) in [6, 6.07) is 3.55. The third kappa shape index (κ3) is 4.00. The molecule has 18 heavy (non-hydrogen) atoms. The predicted molar refractivity (Wildman–Crippen MR) is 71.7 cm³/mol. The summed E-state index contributed by atoms with van der Waals surface area (Å²) in [5.41, 5.74) is 0.554. The van der Waals surface area contributed by atoms with Crippen LogP contribution in [0.25, 0.3) is 0 Å². The van der Waals surface area contributed by atoms with Gasteiger partial charge in [0.25, 0.3) is 5.91 Å². The van der Waals surface area contributed by atoms with Gasteiger partial charge in [-0.25, -0.2) is 4.98 Å². The Hall–Kier alpha value is -1.62. The molecule has 0 aliphatic carbocycles. The molecular formula is C13H21N3O2. The first-order valence-electron chi connectivity index (χ1n) is 6.33. The van der Waals surface area contributed by atoms with Crippen LogP contribution >= 0.6 is 0 Å². The summed E-state index contributed by atoms with van der Waals surface area (Å²) in [6.07, 6.45) is 2.44. The fourth-order valence-electron chi connectivity index (χ4n) is 1.69. The molecule has 1 aromatic heterocycles. The van der Waals surface area contributed by atoms with Gasteiger partial charge in [0, 0.05) is 25.8 Å². The third-order valence-electron chi connectivity index (χ3n) is 2.52. The van der Waals surface area contributed by atoms with Crippen LogP contribution in [0.1, 0.15) is 30.6 Å². The summed E-state index contributed by atoms with van der Waals surface area (Å²) in [5, 5.41) is 12.0. The molecule has 0 spiro atoms. The normalized spacial score (nSPS) is 10.2. The minimum absolute atomic E-state index is 0.0192. The summed E-state index contributed by atoms with van der Waals surface area (Å²) < 4.78 is 0. The van der Waals surface area contributed by atoms with Crippen molar-refractivity contribution < 1.29 is 9.90 Å². The van der Waals surface area contributed by atoms with E-state index in [4.69, 9.17) is 5.11 Å². The lowest BCUT2D eigenvalue weighted by molar-refractivity contribution is 0.0721. The number of anilines is 1. The first-order valence-corrected chi connectivity index (χ1v) is 6.33. The molecule has 0 saturated carbocycles. The molecule has 1 rings (SSSR count). The van der Waals surface area contributed by atoms with Gasteiger partial charge < -0.3 is 15.3 Å². The largest absolute Gasteiger partial charge is 0.395 e.